The van der Waals surface area contributed by atoms with Crippen molar-refractivity contribution in [3.8, 4) is 0 Å². The predicted molar refractivity (Wildman–Crippen MR) is 66.2 cm³/mol. The van der Waals surface area contributed by atoms with Crippen LogP contribution in [0, 0.1) is 0 Å². The SMILES string of the molecule is O=C1C=C(c2ccc3ccccc3c2)CC1. The smallest absolute Gasteiger partial charge is 0.156 e. The Labute approximate surface area is 94.4 Å². The lowest BCUT2D eigenvalue weighted by Gasteiger charge is -2.03. The third-order valence-electron chi connectivity index (χ3n) is 3.10. The monoisotopic (exact) mass is 208 g/mol. The number of fused-ring (bicyclic) bond motifs is 1. The molecule has 78 valence electrons. The number of hydrogen-bond donors (Lipinski definition) is 0. The van der Waals surface area contributed by atoms with Crippen LogP contribution in [0.5, 0.6) is 0 Å². The van der Waals surface area contributed by atoms with Crippen LogP contribution in [0.4, 0.5) is 0 Å². The van der Waals surface area contributed by atoms with Crippen molar-refractivity contribution in [2.24, 2.45) is 0 Å². The maximum atomic E-state index is 11.2. The van der Waals surface area contributed by atoms with Gasteiger partial charge in [0, 0.05) is 6.42 Å². The van der Waals surface area contributed by atoms with Crippen molar-refractivity contribution in [2.75, 3.05) is 0 Å². The summed E-state index contributed by atoms with van der Waals surface area (Å²) in [5.41, 5.74) is 2.36. The van der Waals surface area contributed by atoms with E-state index in [-0.39, 0.29) is 5.78 Å². The molecular weight excluding hydrogens is 196 g/mol. The Kier molecular flexibility index (Phi) is 2.10. The van der Waals surface area contributed by atoms with E-state index >= 15 is 0 Å². The Morgan fingerprint density at radius 3 is 2.44 bits per heavy atom. The molecule has 0 atom stereocenters. The van der Waals surface area contributed by atoms with Gasteiger partial charge in [0.1, 0.15) is 0 Å². The summed E-state index contributed by atoms with van der Waals surface area (Å²) < 4.78 is 0. The number of allylic oxidation sites excluding steroid dienone is 2. The molecule has 0 bridgehead atoms. The molecule has 1 aliphatic carbocycles. The van der Waals surface area contributed by atoms with Crippen LogP contribution in [-0.4, -0.2) is 5.78 Å². The second kappa shape index (κ2) is 3.60. The average molecular weight is 208 g/mol. The summed E-state index contributed by atoms with van der Waals surface area (Å²) in [4.78, 5) is 11.2. The normalized spacial score (nSPS) is 15.5. The van der Waals surface area contributed by atoms with E-state index in [1.165, 1.54) is 21.9 Å². The van der Waals surface area contributed by atoms with Crippen LogP contribution < -0.4 is 0 Å². The van der Waals surface area contributed by atoms with Crippen LogP contribution in [-0.2, 0) is 4.79 Å². The van der Waals surface area contributed by atoms with Gasteiger partial charge in [0.15, 0.2) is 5.78 Å². The van der Waals surface area contributed by atoms with Gasteiger partial charge in [-0.25, -0.2) is 0 Å². The van der Waals surface area contributed by atoms with Crippen LogP contribution in [0.3, 0.4) is 0 Å². The summed E-state index contributed by atoms with van der Waals surface area (Å²) in [7, 11) is 0. The van der Waals surface area contributed by atoms with Crippen LogP contribution >= 0.6 is 0 Å². The molecule has 0 saturated carbocycles. The molecule has 0 unspecified atom stereocenters. The minimum Gasteiger partial charge on any atom is -0.295 e. The molecule has 0 saturated heterocycles. The fourth-order valence-corrected chi connectivity index (χ4v) is 2.21. The summed E-state index contributed by atoms with van der Waals surface area (Å²) in [6, 6.07) is 14.7. The largest absolute Gasteiger partial charge is 0.295 e. The second-order valence-corrected chi connectivity index (χ2v) is 4.20. The van der Waals surface area contributed by atoms with Gasteiger partial charge in [-0.2, -0.15) is 0 Å². The molecule has 1 nitrogen and oxygen atoms in total. The van der Waals surface area contributed by atoms with Gasteiger partial charge in [0.05, 0.1) is 0 Å². The molecule has 0 aliphatic heterocycles. The highest BCUT2D eigenvalue weighted by Gasteiger charge is 2.13. The lowest BCUT2D eigenvalue weighted by molar-refractivity contribution is -0.114. The second-order valence-electron chi connectivity index (χ2n) is 4.20. The minimum absolute atomic E-state index is 0.253. The van der Waals surface area contributed by atoms with E-state index in [2.05, 4.69) is 30.3 Å². The molecule has 0 N–H and O–H groups in total. The van der Waals surface area contributed by atoms with E-state index in [1.54, 1.807) is 6.08 Å². The molecular formula is C15H12O. The van der Waals surface area contributed by atoms with E-state index in [0.717, 1.165) is 6.42 Å². The topological polar surface area (TPSA) is 17.1 Å². The van der Waals surface area contributed by atoms with Crippen LogP contribution in [0.25, 0.3) is 16.3 Å². The molecule has 0 amide bonds. The average Bonchev–Trinajstić information content (AvgIpc) is 2.75. The fourth-order valence-electron chi connectivity index (χ4n) is 2.21. The summed E-state index contributed by atoms with van der Waals surface area (Å²) >= 11 is 0. The zero-order chi connectivity index (χ0) is 11.0. The van der Waals surface area contributed by atoms with Crippen molar-refractivity contribution in [1.82, 2.24) is 0 Å². The summed E-state index contributed by atoms with van der Waals surface area (Å²) in [5.74, 6) is 0.253. The number of rotatable bonds is 1. The highest BCUT2D eigenvalue weighted by Crippen LogP contribution is 2.28. The predicted octanol–water partition coefficient (Wildman–Crippen LogP) is 3.59. The number of carbonyl (C=O) groups excluding carboxylic acids is 1. The van der Waals surface area contributed by atoms with Gasteiger partial charge < -0.3 is 0 Å². The standard InChI is InChI=1S/C15H12O/c16-15-8-7-14(10-15)13-6-5-11-3-1-2-4-12(11)9-13/h1-6,9-10H,7-8H2. The molecule has 0 aromatic heterocycles. The molecule has 0 spiro atoms. The summed E-state index contributed by atoms with van der Waals surface area (Å²) in [6.07, 6.45) is 3.34. The van der Waals surface area contributed by atoms with Gasteiger partial charge in [-0.1, -0.05) is 36.4 Å². The summed E-state index contributed by atoms with van der Waals surface area (Å²) in [6.45, 7) is 0. The molecule has 1 heteroatoms. The highest BCUT2D eigenvalue weighted by atomic mass is 16.1. The first-order valence-corrected chi connectivity index (χ1v) is 5.55. The third kappa shape index (κ3) is 1.54. The first-order valence-electron chi connectivity index (χ1n) is 5.55. The van der Waals surface area contributed by atoms with E-state index in [1.807, 2.05) is 12.1 Å². The quantitative estimate of drug-likeness (QED) is 0.700. The first kappa shape index (κ1) is 9.34. The molecule has 0 radical (unpaired) electrons. The van der Waals surface area contributed by atoms with Gasteiger partial charge in [0.25, 0.3) is 0 Å². The van der Waals surface area contributed by atoms with Crippen molar-refractivity contribution in [2.45, 2.75) is 12.8 Å². The van der Waals surface area contributed by atoms with E-state index in [0.29, 0.717) is 6.42 Å². The fraction of sp³-hybridized carbons (Fsp3) is 0.133. The zero-order valence-electron chi connectivity index (χ0n) is 8.94. The lowest BCUT2D eigenvalue weighted by atomic mass is 10.0. The van der Waals surface area contributed by atoms with Crippen molar-refractivity contribution < 1.29 is 4.79 Å². The van der Waals surface area contributed by atoms with Crippen molar-refractivity contribution in [3.63, 3.8) is 0 Å². The van der Waals surface area contributed by atoms with Crippen LogP contribution in [0.2, 0.25) is 0 Å². The zero-order valence-corrected chi connectivity index (χ0v) is 8.94. The molecule has 1 aliphatic rings. The number of carbonyl (C=O) groups is 1. The number of ketones is 1. The van der Waals surface area contributed by atoms with Crippen molar-refractivity contribution in [1.29, 1.82) is 0 Å². The maximum absolute atomic E-state index is 11.2. The van der Waals surface area contributed by atoms with Gasteiger partial charge in [-0.15, -0.1) is 0 Å². The lowest BCUT2D eigenvalue weighted by Crippen LogP contribution is -1.81. The van der Waals surface area contributed by atoms with Gasteiger partial charge in [-0.05, 0) is 40.5 Å². The van der Waals surface area contributed by atoms with Crippen molar-refractivity contribution >= 4 is 22.1 Å². The Bertz CT molecular complexity index is 593. The van der Waals surface area contributed by atoms with E-state index < -0.39 is 0 Å². The Morgan fingerprint density at radius 1 is 0.875 bits per heavy atom. The highest BCUT2D eigenvalue weighted by molar-refractivity contribution is 6.02. The molecule has 0 fully saturated rings. The molecule has 2 aromatic carbocycles. The number of benzene rings is 2. The molecule has 0 heterocycles. The van der Waals surface area contributed by atoms with Gasteiger partial charge in [-0.3, -0.25) is 4.79 Å². The van der Waals surface area contributed by atoms with Crippen molar-refractivity contribution in [3.05, 3.63) is 54.1 Å². The Morgan fingerprint density at radius 2 is 1.69 bits per heavy atom. The molecule has 3 rings (SSSR count). The molecule has 2 aromatic rings. The minimum atomic E-state index is 0.253. The third-order valence-corrected chi connectivity index (χ3v) is 3.10. The Balaban J connectivity index is 2.12. The summed E-state index contributed by atoms with van der Waals surface area (Å²) in [5, 5.41) is 2.48. The van der Waals surface area contributed by atoms with Gasteiger partial charge in [0.2, 0.25) is 0 Å². The van der Waals surface area contributed by atoms with E-state index in [4.69, 9.17) is 0 Å². The first-order chi connectivity index (χ1) is 7.83. The van der Waals surface area contributed by atoms with Crippen LogP contribution in [0.1, 0.15) is 18.4 Å². The number of hydrogen-bond acceptors (Lipinski definition) is 1. The van der Waals surface area contributed by atoms with E-state index in [9.17, 15) is 4.79 Å². The van der Waals surface area contributed by atoms with Crippen LogP contribution in [0.15, 0.2) is 48.5 Å². The maximum Gasteiger partial charge on any atom is 0.156 e. The Hall–Kier alpha value is -1.89. The van der Waals surface area contributed by atoms with Gasteiger partial charge >= 0.3 is 0 Å². The molecule has 16 heavy (non-hydrogen) atoms.